The highest BCUT2D eigenvalue weighted by molar-refractivity contribution is 9.10. The SMILES string of the molecule is COCC(C)NC(=O)c1ccc(Br)c(F)c1. The van der Waals surface area contributed by atoms with Crippen molar-refractivity contribution in [2.24, 2.45) is 0 Å². The predicted octanol–water partition coefficient (Wildman–Crippen LogP) is 2.35. The second kappa shape index (κ2) is 5.96. The van der Waals surface area contributed by atoms with Gasteiger partial charge in [0.05, 0.1) is 11.1 Å². The van der Waals surface area contributed by atoms with E-state index in [2.05, 4.69) is 21.2 Å². The maximum atomic E-state index is 13.2. The zero-order valence-electron chi connectivity index (χ0n) is 9.09. The fourth-order valence-corrected chi connectivity index (χ4v) is 1.48. The van der Waals surface area contributed by atoms with E-state index in [0.717, 1.165) is 0 Å². The van der Waals surface area contributed by atoms with Crippen molar-refractivity contribution in [3.63, 3.8) is 0 Å². The Balaban J connectivity index is 2.69. The Kier molecular flexibility index (Phi) is 4.89. The molecule has 0 aliphatic heterocycles. The van der Waals surface area contributed by atoms with Gasteiger partial charge >= 0.3 is 0 Å². The Bertz CT molecular complexity index is 384. The molecule has 3 nitrogen and oxygen atoms in total. The van der Waals surface area contributed by atoms with E-state index in [1.54, 1.807) is 13.2 Å². The normalized spacial score (nSPS) is 12.2. The summed E-state index contributed by atoms with van der Waals surface area (Å²) in [5, 5.41) is 2.70. The van der Waals surface area contributed by atoms with Gasteiger partial charge in [0.1, 0.15) is 5.82 Å². The van der Waals surface area contributed by atoms with Crippen LogP contribution in [-0.2, 0) is 4.74 Å². The largest absolute Gasteiger partial charge is 0.383 e. The van der Waals surface area contributed by atoms with Gasteiger partial charge in [0.15, 0.2) is 0 Å². The molecular formula is C11H13BrFNO2. The van der Waals surface area contributed by atoms with Crippen LogP contribution in [0.25, 0.3) is 0 Å². The molecule has 0 saturated heterocycles. The first-order valence-corrected chi connectivity index (χ1v) is 5.58. The van der Waals surface area contributed by atoms with Crippen molar-refractivity contribution >= 4 is 21.8 Å². The highest BCUT2D eigenvalue weighted by atomic mass is 79.9. The molecule has 1 amide bonds. The molecule has 1 N–H and O–H groups in total. The van der Waals surface area contributed by atoms with E-state index in [9.17, 15) is 9.18 Å². The van der Waals surface area contributed by atoms with E-state index in [1.807, 2.05) is 6.92 Å². The van der Waals surface area contributed by atoms with Crippen molar-refractivity contribution < 1.29 is 13.9 Å². The lowest BCUT2D eigenvalue weighted by Crippen LogP contribution is -2.35. The second-order valence-corrected chi connectivity index (χ2v) is 4.31. The summed E-state index contributed by atoms with van der Waals surface area (Å²) in [6.07, 6.45) is 0. The number of benzene rings is 1. The number of rotatable bonds is 4. The van der Waals surface area contributed by atoms with Crippen LogP contribution < -0.4 is 5.32 Å². The van der Waals surface area contributed by atoms with Gasteiger partial charge in [0.2, 0.25) is 0 Å². The third-order valence-electron chi connectivity index (χ3n) is 1.98. The summed E-state index contributed by atoms with van der Waals surface area (Å²) in [6, 6.07) is 4.15. The number of halogens is 2. The molecular weight excluding hydrogens is 277 g/mol. The topological polar surface area (TPSA) is 38.3 Å². The molecule has 0 bridgehead atoms. The smallest absolute Gasteiger partial charge is 0.251 e. The van der Waals surface area contributed by atoms with Crippen molar-refractivity contribution in [3.05, 3.63) is 34.1 Å². The molecule has 0 saturated carbocycles. The second-order valence-electron chi connectivity index (χ2n) is 3.46. The van der Waals surface area contributed by atoms with Gasteiger partial charge in [-0.25, -0.2) is 4.39 Å². The quantitative estimate of drug-likeness (QED) is 0.924. The van der Waals surface area contributed by atoms with Crippen LogP contribution in [0, 0.1) is 5.82 Å². The summed E-state index contributed by atoms with van der Waals surface area (Å²) in [5.41, 5.74) is 0.295. The number of nitrogens with one attached hydrogen (secondary N) is 1. The number of carbonyl (C=O) groups is 1. The van der Waals surface area contributed by atoms with Crippen LogP contribution >= 0.6 is 15.9 Å². The van der Waals surface area contributed by atoms with Crippen molar-refractivity contribution in [1.82, 2.24) is 5.32 Å². The maximum absolute atomic E-state index is 13.2. The lowest BCUT2D eigenvalue weighted by molar-refractivity contribution is 0.0905. The van der Waals surface area contributed by atoms with Crippen molar-refractivity contribution in [2.45, 2.75) is 13.0 Å². The monoisotopic (exact) mass is 289 g/mol. The van der Waals surface area contributed by atoms with Gasteiger partial charge in [0.25, 0.3) is 5.91 Å². The number of amides is 1. The van der Waals surface area contributed by atoms with E-state index in [4.69, 9.17) is 4.74 Å². The number of hydrogen-bond acceptors (Lipinski definition) is 2. The Morgan fingerprint density at radius 2 is 2.31 bits per heavy atom. The third-order valence-corrected chi connectivity index (χ3v) is 2.62. The van der Waals surface area contributed by atoms with Crippen molar-refractivity contribution in [2.75, 3.05) is 13.7 Å². The first kappa shape index (κ1) is 13.1. The Labute approximate surface area is 102 Å². The average Bonchev–Trinajstić information content (AvgIpc) is 2.22. The lowest BCUT2D eigenvalue weighted by atomic mass is 10.2. The summed E-state index contributed by atoms with van der Waals surface area (Å²) < 4.78 is 18.4. The van der Waals surface area contributed by atoms with Gasteiger partial charge < -0.3 is 10.1 Å². The standard InChI is InChI=1S/C11H13BrFNO2/c1-7(6-16-2)14-11(15)8-3-4-9(12)10(13)5-8/h3-5,7H,6H2,1-2H3,(H,14,15). The molecule has 5 heteroatoms. The predicted molar refractivity (Wildman–Crippen MR) is 62.9 cm³/mol. The van der Waals surface area contributed by atoms with Crippen LogP contribution in [0.15, 0.2) is 22.7 Å². The Hall–Kier alpha value is -0.940. The third kappa shape index (κ3) is 3.57. The molecule has 0 spiro atoms. The summed E-state index contributed by atoms with van der Waals surface area (Å²) in [5.74, 6) is -0.761. The molecule has 1 aromatic rings. The number of carbonyl (C=O) groups excluding carboxylic acids is 1. The molecule has 0 aliphatic rings. The molecule has 0 heterocycles. The summed E-state index contributed by atoms with van der Waals surface area (Å²) in [6.45, 7) is 2.24. The van der Waals surface area contributed by atoms with Gasteiger partial charge in [-0.2, -0.15) is 0 Å². The minimum absolute atomic E-state index is 0.107. The molecule has 16 heavy (non-hydrogen) atoms. The van der Waals surface area contributed by atoms with Crippen molar-refractivity contribution in [1.29, 1.82) is 0 Å². The lowest BCUT2D eigenvalue weighted by Gasteiger charge is -2.12. The van der Waals surface area contributed by atoms with E-state index in [-0.39, 0.29) is 11.9 Å². The zero-order chi connectivity index (χ0) is 12.1. The molecule has 1 atom stereocenters. The molecule has 0 aromatic heterocycles. The molecule has 88 valence electrons. The van der Waals surface area contributed by atoms with Gasteiger partial charge in [-0.15, -0.1) is 0 Å². The first-order valence-electron chi connectivity index (χ1n) is 4.79. The minimum atomic E-state index is -0.452. The molecule has 1 unspecified atom stereocenters. The summed E-state index contributed by atoms with van der Waals surface area (Å²) in [4.78, 5) is 11.6. The first-order chi connectivity index (χ1) is 7.54. The van der Waals surface area contributed by atoms with Gasteiger partial charge in [-0.1, -0.05) is 0 Å². The Morgan fingerprint density at radius 1 is 1.62 bits per heavy atom. The number of methoxy groups -OCH3 is 1. The maximum Gasteiger partial charge on any atom is 0.251 e. The van der Waals surface area contributed by atoms with Crippen LogP contribution in [0.5, 0.6) is 0 Å². The molecule has 0 fully saturated rings. The average molecular weight is 290 g/mol. The fourth-order valence-electron chi connectivity index (χ4n) is 1.24. The molecule has 1 aromatic carbocycles. The van der Waals surface area contributed by atoms with Gasteiger partial charge in [-0.3, -0.25) is 4.79 Å². The van der Waals surface area contributed by atoms with E-state index in [0.29, 0.717) is 16.6 Å². The highest BCUT2D eigenvalue weighted by Gasteiger charge is 2.11. The van der Waals surface area contributed by atoms with E-state index in [1.165, 1.54) is 12.1 Å². The Morgan fingerprint density at radius 3 is 2.88 bits per heavy atom. The molecule has 0 aliphatic carbocycles. The fraction of sp³-hybridized carbons (Fsp3) is 0.364. The van der Waals surface area contributed by atoms with E-state index < -0.39 is 5.82 Å². The molecule has 1 rings (SSSR count). The van der Waals surface area contributed by atoms with Gasteiger partial charge in [0, 0.05) is 18.7 Å². The zero-order valence-corrected chi connectivity index (χ0v) is 10.7. The van der Waals surface area contributed by atoms with Crippen LogP contribution in [0.1, 0.15) is 17.3 Å². The minimum Gasteiger partial charge on any atom is -0.383 e. The van der Waals surface area contributed by atoms with Crippen LogP contribution in [0.2, 0.25) is 0 Å². The highest BCUT2D eigenvalue weighted by Crippen LogP contribution is 2.16. The number of ether oxygens (including phenoxy) is 1. The summed E-state index contributed by atoms with van der Waals surface area (Å²) >= 11 is 3.03. The summed E-state index contributed by atoms with van der Waals surface area (Å²) in [7, 11) is 1.56. The van der Waals surface area contributed by atoms with Crippen LogP contribution in [0.3, 0.4) is 0 Å². The van der Waals surface area contributed by atoms with E-state index >= 15 is 0 Å². The van der Waals surface area contributed by atoms with Crippen LogP contribution in [0.4, 0.5) is 4.39 Å². The van der Waals surface area contributed by atoms with Gasteiger partial charge in [-0.05, 0) is 41.1 Å². The van der Waals surface area contributed by atoms with Crippen molar-refractivity contribution in [3.8, 4) is 0 Å². The molecule has 0 radical (unpaired) electrons. The van der Waals surface area contributed by atoms with Crippen LogP contribution in [-0.4, -0.2) is 25.7 Å². The number of hydrogen-bond donors (Lipinski definition) is 1.